The van der Waals surface area contributed by atoms with Gasteiger partial charge in [0.05, 0.1) is 26.9 Å². The molecule has 5 aromatic rings. The monoisotopic (exact) mass is 848 g/mol. The molecule has 2 fully saturated rings. The number of nitrogens with zero attached hydrogens (tertiary/aromatic N) is 6. The summed E-state index contributed by atoms with van der Waals surface area (Å²) in [6, 6.07) is 28.0. The summed E-state index contributed by atoms with van der Waals surface area (Å²) in [6.45, 7) is 16.0. The van der Waals surface area contributed by atoms with Gasteiger partial charge in [-0.2, -0.15) is 10.2 Å². The zero-order valence-corrected chi connectivity index (χ0v) is 36.8. The van der Waals surface area contributed by atoms with Gasteiger partial charge in [0.15, 0.2) is 17.3 Å². The van der Waals surface area contributed by atoms with E-state index in [1.54, 1.807) is 23.6 Å². The molecule has 7 rings (SSSR count). The molecule has 62 heavy (non-hydrogen) atoms. The number of hydrogen-bond acceptors (Lipinski definition) is 12. The lowest BCUT2D eigenvalue weighted by Crippen LogP contribution is -2.50. The summed E-state index contributed by atoms with van der Waals surface area (Å²) in [5.74, 6) is 1.65. The van der Waals surface area contributed by atoms with Crippen LogP contribution in [0.25, 0.3) is 0 Å². The first kappa shape index (κ1) is 45.2. The molecule has 0 unspecified atom stereocenters. The number of esters is 2. The van der Waals surface area contributed by atoms with Crippen LogP contribution in [0.2, 0.25) is 0 Å². The van der Waals surface area contributed by atoms with Crippen molar-refractivity contribution in [2.45, 2.75) is 59.6 Å². The Morgan fingerprint density at radius 1 is 0.677 bits per heavy atom. The molecule has 15 heteroatoms. The molecule has 0 saturated carbocycles. The SMILES string of the molecule is CCOC(=O)c1[nH]nc(N2CCN(C(=O)OC(C)(C)C)CC2)c1Cc1ccccc1.CCOC(=O)c1c(Cc2ccccc2)c(N2CCNCC2)nn1Cc1ccc(OC)cc1. The lowest BCUT2D eigenvalue weighted by Gasteiger charge is -2.36. The van der Waals surface area contributed by atoms with Crippen LogP contribution in [-0.2, 0) is 33.6 Å². The van der Waals surface area contributed by atoms with Crippen molar-refractivity contribution in [3.8, 4) is 5.75 Å². The zero-order valence-electron chi connectivity index (χ0n) is 36.8. The minimum atomic E-state index is -0.520. The lowest BCUT2D eigenvalue weighted by molar-refractivity contribution is 0.0239. The minimum Gasteiger partial charge on any atom is -0.497 e. The van der Waals surface area contributed by atoms with Crippen LogP contribution >= 0.6 is 0 Å². The Kier molecular flexibility index (Phi) is 15.6. The number of anilines is 2. The summed E-state index contributed by atoms with van der Waals surface area (Å²) >= 11 is 0. The van der Waals surface area contributed by atoms with Gasteiger partial charge in [-0.3, -0.25) is 9.78 Å². The summed E-state index contributed by atoms with van der Waals surface area (Å²) in [5, 5.41) is 15.6. The number of nitrogens with one attached hydrogen (secondary N) is 2. The van der Waals surface area contributed by atoms with Crippen LogP contribution in [0, 0.1) is 0 Å². The van der Waals surface area contributed by atoms with Crippen LogP contribution in [0.1, 0.15) is 83.4 Å². The average Bonchev–Trinajstić information content (AvgIpc) is 3.86. The Morgan fingerprint density at radius 3 is 1.81 bits per heavy atom. The van der Waals surface area contributed by atoms with Gasteiger partial charge in [-0.1, -0.05) is 72.8 Å². The topological polar surface area (TPSA) is 156 Å². The van der Waals surface area contributed by atoms with Gasteiger partial charge in [-0.05, 0) is 63.4 Å². The van der Waals surface area contributed by atoms with E-state index in [0.29, 0.717) is 70.2 Å². The molecule has 0 spiro atoms. The van der Waals surface area contributed by atoms with Crippen molar-refractivity contribution in [3.63, 3.8) is 0 Å². The van der Waals surface area contributed by atoms with Crippen LogP contribution in [-0.4, -0.2) is 121 Å². The van der Waals surface area contributed by atoms with Crippen molar-refractivity contribution in [2.75, 3.05) is 82.5 Å². The third kappa shape index (κ3) is 11.9. The molecular formula is C47H60N8O7. The molecule has 0 atom stereocenters. The van der Waals surface area contributed by atoms with Crippen molar-refractivity contribution in [2.24, 2.45) is 0 Å². The van der Waals surface area contributed by atoms with E-state index in [1.165, 1.54) is 0 Å². The van der Waals surface area contributed by atoms with E-state index in [9.17, 15) is 14.4 Å². The van der Waals surface area contributed by atoms with Crippen molar-refractivity contribution in [1.82, 2.24) is 30.2 Å². The Morgan fingerprint density at radius 2 is 1.24 bits per heavy atom. The van der Waals surface area contributed by atoms with Gasteiger partial charge >= 0.3 is 18.0 Å². The van der Waals surface area contributed by atoms with Crippen LogP contribution in [0.4, 0.5) is 16.4 Å². The maximum absolute atomic E-state index is 13.1. The molecule has 3 aromatic carbocycles. The van der Waals surface area contributed by atoms with E-state index in [-0.39, 0.29) is 12.1 Å². The molecule has 4 heterocycles. The third-order valence-electron chi connectivity index (χ3n) is 10.4. The van der Waals surface area contributed by atoms with E-state index in [0.717, 1.165) is 71.4 Å². The maximum Gasteiger partial charge on any atom is 0.410 e. The first-order chi connectivity index (χ1) is 30.0. The van der Waals surface area contributed by atoms with Gasteiger partial charge in [-0.25, -0.2) is 14.4 Å². The van der Waals surface area contributed by atoms with E-state index < -0.39 is 11.6 Å². The highest BCUT2D eigenvalue weighted by Gasteiger charge is 2.31. The number of carbonyl (C=O) groups is 3. The number of benzene rings is 3. The molecule has 2 aliphatic rings. The molecule has 2 aliphatic heterocycles. The summed E-state index contributed by atoms with van der Waals surface area (Å²) in [7, 11) is 1.65. The van der Waals surface area contributed by atoms with Crippen LogP contribution in [0.3, 0.4) is 0 Å². The number of rotatable bonds is 13. The highest BCUT2D eigenvalue weighted by molar-refractivity contribution is 5.92. The molecule has 2 N–H and O–H groups in total. The van der Waals surface area contributed by atoms with Crippen molar-refractivity contribution in [3.05, 3.63) is 124 Å². The van der Waals surface area contributed by atoms with E-state index in [1.807, 2.05) is 100 Å². The minimum absolute atomic E-state index is 0.298. The second-order valence-corrected chi connectivity index (χ2v) is 16.0. The lowest BCUT2D eigenvalue weighted by atomic mass is 10.0. The van der Waals surface area contributed by atoms with Gasteiger partial charge in [0, 0.05) is 76.3 Å². The highest BCUT2D eigenvalue weighted by atomic mass is 16.6. The maximum atomic E-state index is 13.1. The van der Waals surface area contributed by atoms with Gasteiger partial charge in [0.2, 0.25) is 0 Å². The predicted octanol–water partition coefficient (Wildman–Crippen LogP) is 6.35. The number of aromatic amines is 1. The summed E-state index contributed by atoms with van der Waals surface area (Å²) in [6.07, 6.45) is 0.880. The molecule has 2 saturated heterocycles. The van der Waals surface area contributed by atoms with Gasteiger partial charge < -0.3 is 39.0 Å². The molecule has 0 radical (unpaired) electrons. The average molecular weight is 849 g/mol. The number of amides is 1. The molecule has 0 bridgehead atoms. The highest BCUT2D eigenvalue weighted by Crippen LogP contribution is 2.29. The molecule has 0 aliphatic carbocycles. The Hall–Kier alpha value is -6.35. The van der Waals surface area contributed by atoms with Crippen LogP contribution in [0.5, 0.6) is 5.75 Å². The normalized spacial score (nSPS) is 14.1. The standard InChI is InChI=1S/C25H30N4O3.C22H30N4O4/c1-3-32-25(30)23-22(17-19-7-5-4-6-8-19)24(28-15-13-26-14-16-28)27-29(23)18-20-9-11-21(31-2)12-10-20;1-5-29-20(27)18-17(15-16-9-7-6-8-10-16)19(24-23-18)25-11-13-26(14-12-25)21(28)30-22(2,3)4/h4-12,26H,3,13-18H2,1-2H3;6-10H,5,11-15H2,1-4H3,(H,23,24). The summed E-state index contributed by atoms with van der Waals surface area (Å²) < 4.78 is 23.2. The first-order valence-electron chi connectivity index (χ1n) is 21.4. The number of methoxy groups -OCH3 is 1. The quantitative estimate of drug-likeness (QED) is 0.100. The van der Waals surface area contributed by atoms with E-state index in [2.05, 4.69) is 37.4 Å². The smallest absolute Gasteiger partial charge is 0.410 e. The number of H-pyrrole nitrogens is 1. The van der Waals surface area contributed by atoms with Gasteiger partial charge in [-0.15, -0.1) is 0 Å². The zero-order chi connectivity index (χ0) is 44.1. The third-order valence-corrected chi connectivity index (χ3v) is 10.4. The molecular weight excluding hydrogens is 789 g/mol. The van der Waals surface area contributed by atoms with Gasteiger partial charge in [0.1, 0.15) is 17.0 Å². The fraction of sp³-hybridized carbons (Fsp3) is 0.426. The van der Waals surface area contributed by atoms with E-state index in [4.69, 9.17) is 24.0 Å². The number of piperazine rings is 2. The number of aromatic nitrogens is 4. The summed E-state index contributed by atoms with van der Waals surface area (Å²) in [4.78, 5) is 44.0. The van der Waals surface area contributed by atoms with E-state index >= 15 is 0 Å². The predicted molar refractivity (Wildman–Crippen MR) is 238 cm³/mol. The fourth-order valence-electron chi connectivity index (χ4n) is 7.41. The number of hydrogen-bond donors (Lipinski definition) is 2. The fourth-order valence-corrected chi connectivity index (χ4v) is 7.41. The largest absolute Gasteiger partial charge is 0.497 e. The summed E-state index contributed by atoms with van der Waals surface area (Å²) in [5.41, 5.74) is 5.38. The van der Waals surface area contributed by atoms with Crippen molar-refractivity contribution in [1.29, 1.82) is 0 Å². The van der Waals surface area contributed by atoms with Crippen LogP contribution in [0.15, 0.2) is 84.9 Å². The second-order valence-electron chi connectivity index (χ2n) is 16.0. The first-order valence-corrected chi connectivity index (χ1v) is 21.4. The Labute approximate surface area is 364 Å². The van der Waals surface area contributed by atoms with Crippen molar-refractivity contribution < 1.29 is 33.3 Å². The molecule has 1 amide bonds. The molecule has 330 valence electrons. The van der Waals surface area contributed by atoms with Gasteiger partial charge in [0.25, 0.3) is 0 Å². The molecule has 15 nitrogen and oxygen atoms in total. The Balaban J connectivity index is 0.000000207. The Bertz CT molecular complexity index is 2200. The number of ether oxygens (including phenoxy) is 4. The second kappa shape index (κ2) is 21.4. The van der Waals surface area contributed by atoms with Crippen LogP contribution < -0.4 is 19.9 Å². The number of carbonyl (C=O) groups excluding carboxylic acids is 3. The molecule has 2 aromatic heterocycles. The van der Waals surface area contributed by atoms with Crippen molar-refractivity contribution >= 4 is 29.7 Å².